The van der Waals surface area contributed by atoms with Crippen LogP contribution in [-0.2, 0) is 6.61 Å². The second-order valence-corrected chi connectivity index (χ2v) is 5.49. The molecule has 4 heteroatoms. The minimum absolute atomic E-state index is 0.356. The Balaban J connectivity index is 1.88. The third kappa shape index (κ3) is 3.86. The Morgan fingerprint density at radius 3 is 2.52 bits per heavy atom. The highest BCUT2D eigenvalue weighted by Gasteiger charge is 2.11. The molecule has 0 amide bonds. The van der Waals surface area contributed by atoms with Gasteiger partial charge in [-0.1, -0.05) is 36.4 Å². The Morgan fingerprint density at radius 1 is 1.00 bits per heavy atom. The van der Waals surface area contributed by atoms with Crippen LogP contribution in [0.15, 0.2) is 66.7 Å². The van der Waals surface area contributed by atoms with Crippen LogP contribution in [0.5, 0.6) is 11.5 Å². The molecule has 126 valence electrons. The molecule has 0 aliphatic rings. The molecular formula is C21H17FO3. The van der Waals surface area contributed by atoms with Crippen LogP contribution >= 0.6 is 0 Å². The molecule has 3 aromatic carbocycles. The minimum Gasteiger partial charge on any atom is -0.497 e. The Labute approximate surface area is 145 Å². The van der Waals surface area contributed by atoms with E-state index in [-0.39, 0.29) is 5.82 Å². The first-order valence-corrected chi connectivity index (χ1v) is 7.81. The molecule has 0 bridgehead atoms. The Kier molecular flexibility index (Phi) is 5.09. The molecule has 3 nitrogen and oxygen atoms in total. The Bertz CT molecular complexity index is 876. The van der Waals surface area contributed by atoms with Gasteiger partial charge in [0.2, 0.25) is 0 Å². The summed E-state index contributed by atoms with van der Waals surface area (Å²) in [4.78, 5) is 11.4. The van der Waals surface area contributed by atoms with Crippen LogP contribution in [0.3, 0.4) is 0 Å². The first-order chi connectivity index (χ1) is 12.2. The van der Waals surface area contributed by atoms with Crippen molar-refractivity contribution in [3.8, 4) is 22.6 Å². The van der Waals surface area contributed by atoms with E-state index in [1.54, 1.807) is 30.3 Å². The third-order valence-electron chi connectivity index (χ3n) is 3.86. The molecule has 25 heavy (non-hydrogen) atoms. The van der Waals surface area contributed by atoms with Gasteiger partial charge in [-0.3, -0.25) is 4.79 Å². The van der Waals surface area contributed by atoms with Gasteiger partial charge in [0.05, 0.1) is 12.7 Å². The highest BCUT2D eigenvalue weighted by molar-refractivity contribution is 5.83. The van der Waals surface area contributed by atoms with Crippen LogP contribution in [-0.4, -0.2) is 13.4 Å². The highest BCUT2D eigenvalue weighted by Crippen LogP contribution is 2.30. The highest BCUT2D eigenvalue weighted by atomic mass is 19.1. The molecule has 0 fully saturated rings. The number of benzene rings is 3. The summed E-state index contributed by atoms with van der Waals surface area (Å²) < 4.78 is 25.0. The van der Waals surface area contributed by atoms with Crippen molar-refractivity contribution in [2.75, 3.05) is 7.11 Å². The van der Waals surface area contributed by atoms with E-state index in [1.165, 1.54) is 13.2 Å². The number of aldehydes is 1. The summed E-state index contributed by atoms with van der Waals surface area (Å²) in [6.45, 7) is 0.356. The minimum atomic E-state index is -0.379. The quantitative estimate of drug-likeness (QED) is 0.601. The van der Waals surface area contributed by atoms with Crippen LogP contribution in [0.25, 0.3) is 11.1 Å². The van der Waals surface area contributed by atoms with E-state index in [4.69, 9.17) is 9.47 Å². The fourth-order valence-electron chi connectivity index (χ4n) is 2.53. The number of methoxy groups -OCH3 is 1. The molecule has 0 aliphatic heterocycles. The molecule has 0 radical (unpaired) electrons. The first-order valence-electron chi connectivity index (χ1n) is 7.81. The molecule has 0 saturated carbocycles. The molecule has 0 heterocycles. The largest absolute Gasteiger partial charge is 0.497 e. The van der Waals surface area contributed by atoms with Crippen molar-refractivity contribution >= 4 is 6.29 Å². The lowest BCUT2D eigenvalue weighted by atomic mass is 10.0. The monoisotopic (exact) mass is 336 g/mol. The van der Waals surface area contributed by atoms with Crippen LogP contribution in [0.4, 0.5) is 4.39 Å². The van der Waals surface area contributed by atoms with Gasteiger partial charge >= 0.3 is 0 Å². The maximum atomic E-state index is 14.1. The molecular weight excluding hydrogens is 319 g/mol. The van der Waals surface area contributed by atoms with Crippen molar-refractivity contribution in [1.82, 2.24) is 0 Å². The number of halogens is 1. The summed E-state index contributed by atoms with van der Waals surface area (Å²) in [6.07, 6.45) is 0.710. The lowest BCUT2D eigenvalue weighted by Crippen LogP contribution is -1.98. The second-order valence-electron chi connectivity index (χ2n) is 5.49. The molecule has 0 saturated heterocycles. The summed E-state index contributed by atoms with van der Waals surface area (Å²) in [5.74, 6) is 0.634. The van der Waals surface area contributed by atoms with Crippen LogP contribution in [0.1, 0.15) is 15.9 Å². The normalized spacial score (nSPS) is 10.3. The number of ether oxygens (including phenoxy) is 2. The summed E-state index contributed by atoms with van der Waals surface area (Å²) in [6, 6.07) is 19.2. The van der Waals surface area contributed by atoms with E-state index in [0.717, 1.165) is 5.56 Å². The molecule has 0 aromatic heterocycles. The van der Waals surface area contributed by atoms with E-state index in [0.29, 0.717) is 41.1 Å². The number of carbonyl (C=O) groups is 1. The van der Waals surface area contributed by atoms with Gasteiger partial charge in [-0.25, -0.2) is 4.39 Å². The third-order valence-corrected chi connectivity index (χ3v) is 3.86. The topological polar surface area (TPSA) is 35.5 Å². The molecule has 3 aromatic rings. The van der Waals surface area contributed by atoms with Gasteiger partial charge in [0.15, 0.2) is 6.29 Å². The average molecular weight is 336 g/mol. The van der Waals surface area contributed by atoms with Gasteiger partial charge in [-0.2, -0.15) is 0 Å². The van der Waals surface area contributed by atoms with Gasteiger partial charge in [0.25, 0.3) is 0 Å². The lowest BCUT2D eigenvalue weighted by Gasteiger charge is -2.11. The van der Waals surface area contributed by atoms with E-state index in [9.17, 15) is 9.18 Å². The fourth-order valence-corrected chi connectivity index (χ4v) is 2.53. The van der Waals surface area contributed by atoms with E-state index in [1.807, 2.05) is 30.3 Å². The SMILES string of the molecule is COc1ccc(F)c(-c2ccc(OCc3ccccc3)c(C=O)c2)c1. The van der Waals surface area contributed by atoms with Crippen LogP contribution in [0, 0.1) is 5.82 Å². The first kappa shape index (κ1) is 16.7. The Hall–Kier alpha value is -3.14. The predicted octanol–water partition coefficient (Wildman–Crippen LogP) is 4.89. The van der Waals surface area contributed by atoms with E-state index < -0.39 is 0 Å². The number of carbonyl (C=O) groups excluding carboxylic acids is 1. The predicted molar refractivity (Wildman–Crippen MR) is 94.5 cm³/mol. The van der Waals surface area contributed by atoms with Gasteiger partial charge in [0, 0.05) is 5.56 Å². The zero-order valence-corrected chi connectivity index (χ0v) is 13.7. The summed E-state index contributed by atoms with van der Waals surface area (Å²) in [7, 11) is 1.52. The van der Waals surface area contributed by atoms with Gasteiger partial charge < -0.3 is 9.47 Å². The molecule has 0 N–H and O–H groups in total. The zero-order chi connectivity index (χ0) is 17.6. The second kappa shape index (κ2) is 7.62. The van der Waals surface area contributed by atoms with Gasteiger partial charge in [-0.05, 0) is 41.5 Å². The summed E-state index contributed by atoms with van der Waals surface area (Å²) >= 11 is 0. The number of hydrogen-bond donors (Lipinski definition) is 0. The Morgan fingerprint density at radius 2 is 1.80 bits per heavy atom. The van der Waals surface area contributed by atoms with Gasteiger partial charge in [-0.15, -0.1) is 0 Å². The van der Waals surface area contributed by atoms with Crippen LogP contribution < -0.4 is 9.47 Å². The summed E-state index contributed by atoms with van der Waals surface area (Å²) in [5.41, 5.74) is 2.33. The van der Waals surface area contributed by atoms with Crippen molar-refractivity contribution < 1.29 is 18.7 Å². The molecule has 0 atom stereocenters. The van der Waals surface area contributed by atoms with Crippen molar-refractivity contribution in [2.24, 2.45) is 0 Å². The average Bonchev–Trinajstić information content (AvgIpc) is 2.67. The fraction of sp³-hybridized carbons (Fsp3) is 0.0952. The van der Waals surface area contributed by atoms with Crippen molar-refractivity contribution in [1.29, 1.82) is 0 Å². The molecule has 3 rings (SSSR count). The number of hydrogen-bond acceptors (Lipinski definition) is 3. The maximum Gasteiger partial charge on any atom is 0.153 e. The van der Waals surface area contributed by atoms with E-state index in [2.05, 4.69) is 0 Å². The van der Waals surface area contributed by atoms with Crippen molar-refractivity contribution in [2.45, 2.75) is 6.61 Å². The van der Waals surface area contributed by atoms with Gasteiger partial charge in [0.1, 0.15) is 23.9 Å². The van der Waals surface area contributed by atoms with Crippen molar-refractivity contribution in [3.05, 3.63) is 83.7 Å². The van der Waals surface area contributed by atoms with E-state index >= 15 is 0 Å². The lowest BCUT2D eigenvalue weighted by molar-refractivity contribution is 0.111. The summed E-state index contributed by atoms with van der Waals surface area (Å²) in [5, 5.41) is 0. The molecule has 0 aliphatic carbocycles. The zero-order valence-electron chi connectivity index (χ0n) is 13.7. The maximum absolute atomic E-state index is 14.1. The standard InChI is InChI=1S/C21H17FO3/c1-24-18-8-9-20(22)19(12-18)16-7-10-21(17(11-16)13-23)25-14-15-5-3-2-4-6-15/h2-13H,14H2,1H3. The van der Waals surface area contributed by atoms with Crippen LogP contribution in [0.2, 0.25) is 0 Å². The molecule has 0 unspecified atom stereocenters. The molecule has 0 spiro atoms. The number of rotatable bonds is 6. The van der Waals surface area contributed by atoms with Crippen molar-refractivity contribution in [3.63, 3.8) is 0 Å². The smallest absolute Gasteiger partial charge is 0.153 e.